The van der Waals surface area contributed by atoms with E-state index in [0.29, 0.717) is 0 Å². The van der Waals surface area contributed by atoms with Crippen LogP contribution in [-0.4, -0.2) is 62.4 Å². The van der Waals surface area contributed by atoms with Gasteiger partial charge in [-0.15, -0.1) is 0 Å². The first-order valence-electron chi connectivity index (χ1n) is 5.93. The van der Waals surface area contributed by atoms with E-state index in [-0.39, 0.29) is 0 Å². The average Bonchev–Trinajstić information content (AvgIpc) is 2.22. The summed E-state index contributed by atoms with van der Waals surface area (Å²) < 4.78 is 2.45. The smallest absolute Gasteiger partial charge is 0.0215 e. The summed E-state index contributed by atoms with van der Waals surface area (Å²) in [4.78, 5) is 0. The van der Waals surface area contributed by atoms with Crippen LogP contribution in [0.15, 0.2) is 0 Å². The summed E-state index contributed by atoms with van der Waals surface area (Å²) in [5, 5.41) is 10.3. The molecule has 0 aliphatic carbocycles. The Morgan fingerprint density at radius 2 is 1.33 bits per heavy atom. The van der Waals surface area contributed by atoms with Crippen LogP contribution in [0.3, 0.4) is 0 Å². The van der Waals surface area contributed by atoms with Crippen molar-refractivity contribution in [2.75, 3.05) is 58.1 Å². The molecular formula is C10H24N4S. The Balaban J connectivity index is 2.19. The van der Waals surface area contributed by atoms with Crippen LogP contribution in [0.1, 0.15) is 6.92 Å². The average molecular weight is 232 g/mol. The van der Waals surface area contributed by atoms with E-state index in [9.17, 15) is 0 Å². The molecule has 1 heterocycles. The molecule has 5 heteroatoms. The van der Waals surface area contributed by atoms with Crippen molar-refractivity contribution in [2.24, 2.45) is 0 Å². The number of rotatable bonds is 2. The molecule has 4 nitrogen and oxygen atoms in total. The van der Waals surface area contributed by atoms with Gasteiger partial charge in [0.25, 0.3) is 0 Å². The zero-order valence-corrected chi connectivity index (χ0v) is 10.5. The molecule has 15 heavy (non-hydrogen) atoms. The predicted octanol–water partition coefficient (Wildman–Crippen LogP) is -0.261. The molecule has 1 aliphatic rings. The third kappa shape index (κ3) is 7.14. The first kappa shape index (κ1) is 13.3. The highest BCUT2D eigenvalue weighted by atomic mass is 32.2. The van der Waals surface area contributed by atoms with Gasteiger partial charge in [0.2, 0.25) is 0 Å². The molecule has 0 aromatic carbocycles. The normalized spacial score (nSPS) is 23.0. The summed E-state index contributed by atoms with van der Waals surface area (Å²) in [7, 11) is 0. The van der Waals surface area contributed by atoms with Crippen molar-refractivity contribution < 1.29 is 0 Å². The van der Waals surface area contributed by atoms with Gasteiger partial charge in [0.1, 0.15) is 0 Å². The Bertz CT molecular complexity index is 133. The Morgan fingerprint density at radius 1 is 0.867 bits per heavy atom. The van der Waals surface area contributed by atoms with Gasteiger partial charge in [-0.3, -0.25) is 0 Å². The number of nitrogens with one attached hydrogen (secondary N) is 3. The van der Waals surface area contributed by atoms with E-state index in [2.05, 4.69) is 27.2 Å². The first-order chi connectivity index (χ1) is 7.43. The molecule has 0 aromatic rings. The van der Waals surface area contributed by atoms with E-state index in [4.69, 9.17) is 0 Å². The lowest BCUT2D eigenvalue weighted by Crippen LogP contribution is -2.39. The van der Waals surface area contributed by atoms with Crippen LogP contribution in [0.5, 0.6) is 0 Å². The van der Waals surface area contributed by atoms with E-state index < -0.39 is 0 Å². The maximum Gasteiger partial charge on any atom is 0.0215 e. The molecule has 1 aliphatic heterocycles. The molecule has 0 amide bonds. The summed E-state index contributed by atoms with van der Waals surface area (Å²) in [5.74, 6) is 1.17. The maximum absolute atomic E-state index is 3.45. The maximum atomic E-state index is 3.45. The number of nitrogens with zero attached hydrogens (tertiary/aromatic N) is 1. The summed E-state index contributed by atoms with van der Waals surface area (Å²) in [6.45, 7) is 11.0. The van der Waals surface area contributed by atoms with E-state index >= 15 is 0 Å². The molecule has 0 saturated carbocycles. The number of hydrogen-bond donors (Lipinski definition) is 3. The van der Waals surface area contributed by atoms with Crippen molar-refractivity contribution in [3.8, 4) is 0 Å². The lowest BCUT2D eigenvalue weighted by Gasteiger charge is -2.21. The highest BCUT2D eigenvalue weighted by Crippen LogP contribution is 2.06. The van der Waals surface area contributed by atoms with E-state index in [0.717, 1.165) is 52.4 Å². The molecule has 0 unspecified atom stereocenters. The van der Waals surface area contributed by atoms with Gasteiger partial charge in [0, 0.05) is 58.1 Å². The second-order valence-electron chi connectivity index (χ2n) is 3.60. The third-order valence-electron chi connectivity index (χ3n) is 2.34. The minimum absolute atomic E-state index is 1.07. The van der Waals surface area contributed by atoms with Gasteiger partial charge >= 0.3 is 0 Å². The first-order valence-corrected chi connectivity index (χ1v) is 6.87. The minimum Gasteiger partial charge on any atom is -0.314 e. The molecule has 0 spiro atoms. The van der Waals surface area contributed by atoms with Crippen molar-refractivity contribution in [3.05, 3.63) is 0 Å². The van der Waals surface area contributed by atoms with Crippen molar-refractivity contribution in [2.45, 2.75) is 6.92 Å². The lowest BCUT2D eigenvalue weighted by molar-refractivity contribution is 0.434. The van der Waals surface area contributed by atoms with E-state index in [1.807, 2.05) is 11.9 Å². The number of hydrogen-bond acceptors (Lipinski definition) is 5. The molecular weight excluding hydrogens is 208 g/mol. The fourth-order valence-corrected chi connectivity index (χ4v) is 2.37. The molecule has 90 valence electrons. The highest BCUT2D eigenvalue weighted by Gasteiger charge is 2.04. The standard InChI is InChI=1S/C10H24N4S/c1-2-15-14-9-7-12-5-3-11-4-6-13-8-10-14/h11-13H,2-10H2,1H3. The van der Waals surface area contributed by atoms with Crippen molar-refractivity contribution >= 4 is 11.9 Å². The second-order valence-corrected chi connectivity index (χ2v) is 4.95. The quantitative estimate of drug-likeness (QED) is 0.572. The minimum atomic E-state index is 1.07. The highest BCUT2D eigenvalue weighted by molar-refractivity contribution is 7.96. The van der Waals surface area contributed by atoms with Crippen LogP contribution < -0.4 is 16.0 Å². The van der Waals surface area contributed by atoms with Crippen molar-refractivity contribution in [1.29, 1.82) is 0 Å². The molecule has 3 N–H and O–H groups in total. The molecule has 0 aromatic heterocycles. The van der Waals surface area contributed by atoms with Crippen molar-refractivity contribution in [1.82, 2.24) is 20.3 Å². The van der Waals surface area contributed by atoms with Crippen LogP contribution in [0.25, 0.3) is 0 Å². The van der Waals surface area contributed by atoms with Crippen LogP contribution in [-0.2, 0) is 0 Å². The van der Waals surface area contributed by atoms with Gasteiger partial charge in [0.05, 0.1) is 0 Å². The summed E-state index contributed by atoms with van der Waals surface area (Å²) >= 11 is 1.94. The molecule has 1 saturated heterocycles. The molecule has 1 rings (SSSR count). The monoisotopic (exact) mass is 232 g/mol. The largest absolute Gasteiger partial charge is 0.314 e. The summed E-state index contributed by atoms with van der Waals surface area (Å²) in [5.41, 5.74) is 0. The molecule has 0 atom stereocenters. The van der Waals surface area contributed by atoms with Gasteiger partial charge in [-0.1, -0.05) is 18.9 Å². The summed E-state index contributed by atoms with van der Waals surface area (Å²) in [6, 6.07) is 0. The van der Waals surface area contributed by atoms with Gasteiger partial charge in [0.15, 0.2) is 0 Å². The lowest BCUT2D eigenvalue weighted by atomic mass is 10.4. The predicted molar refractivity (Wildman–Crippen MR) is 68.3 cm³/mol. The van der Waals surface area contributed by atoms with Gasteiger partial charge in [-0.05, 0) is 0 Å². The van der Waals surface area contributed by atoms with Crippen molar-refractivity contribution in [3.63, 3.8) is 0 Å². The molecule has 0 radical (unpaired) electrons. The fourth-order valence-electron chi connectivity index (χ4n) is 1.56. The Labute approximate surface area is 97.7 Å². The zero-order chi connectivity index (χ0) is 10.8. The van der Waals surface area contributed by atoms with Crippen LogP contribution in [0.2, 0.25) is 0 Å². The van der Waals surface area contributed by atoms with E-state index in [1.165, 1.54) is 5.75 Å². The van der Waals surface area contributed by atoms with Gasteiger partial charge < -0.3 is 16.0 Å². The SMILES string of the molecule is CCSN1CCNCCNCCNCC1. The van der Waals surface area contributed by atoms with Crippen LogP contribution in [0, 0.1) is 0 Å². The molecule has 1 fully saturated rings. The third-order valence-corrected chi connectivity index (χ3v) is 3.33. The summed E-state index contributed by atoms with van der Waals surface area (Å²) in [6.07, 6.45) is 0. The van der Waals surface area contributed by atoms with Crippen LogP contribution >= 0.6 is 11.9 Å². The Hall–Kier alpha value is 0.190. The Kier molecular flexibility index (Phi) is 8.32. The van der Waals surface area contributed by atoms with E-state index in [1.54, 1.807) is 0 Å². The fraction of sp³-hybridized carbons (Fsp3) is 1.00. The topological polar surface area (TPSA) is 39.3 Å². The molecule has 0 bridgehead atoms. The van der Waals surface area contributed by atoms with Gasteiger partial charge in [-0.2, -0.15) is 0 Å². The Morgan fingerprint density at radius 3 is 1.80 bits per heavy atom. The second kappa shape index (κ2) is 9.42. The van der Waals surface area contributed by atoms with Gasteiger partial charge in [-0.25, -0.2) is 4.31 Å². The van der Waals surface area contributed by atoms with Crippen LogP contribution in [0.4, 0.5) is 0 Å². The zero-order valence-electron chi connectivity index (χ0n) is 9.72.